The predicted octanol–water partition coefficient (Wildman–Crippen LogP) is 4.29. The molecule has 0 aliphatic rings. The van der Waals surface area contributed by atoms with E-state index in [1.54, 1.807) is 18.0 Å². The summed E-state index contributed by atoms with van der Waals surface area (Å²) in [7, 11) is 0. The Hall–Kier alpha value is -1.28. The van der Waals surface area contributed by atoms with Gasteiger partial charge in [-0.1, -0.05) is 36.5 Å². The van der Waals surface area contributed by atoms with E-state index in [0.717, 1.165) is 5.70 Å². The van der Waals surface area contributed by atoms with Gasteiger partial charge >= 0.3 is 0 Å². The number of hydrogen-bond acceptors (Lipinski definition) is 2. The van der Waals surface area contributed by atoms with E-state index in [1.807, 2.05) is 31.2 Å². The van der Waals surface area contributed by atoms with Crippen LogP contribution in [0.4, 0.5) is 0 Å². The third kappa shape index (κ3) is 5.23. The van der Waals surface area contributed by atoms with Gasteiger partial charge in [-0.25, -0.2) is 0 Å². The summed E-state index contributed by atoms with van der Waals surface area (Å²) < 4.78 is 0. The normalized spacial score (nSPS) is 12.0. The number of rotatable bonds is 4. The molecule has 0 radical (unpaired) electrons. The summed E-state index contributed by atoms with van der Waals surface area (Å²) in [4.78, 5) is 6.56. The largest absolute Gasteiger partial charge is 0.262 e. The van der Waals surface area contributed by atoms with Crippen LogP contribution >= 0.6 is 11.8 Å². The van der Waals surface area contributed by atoms with Gasteiger partial charge in [-0.2, -0.15) is 0 Å². The van der Waals surface area contributed by atoms with Crippen LogP contribution < -0.4 is 0 Å². The molecular weight excluding hydrogens is 202 g/mol. The molecule has 0 saturated carbocycles. The topological polar surface area (TPSA) is 12.4 Å². The quantitative estimate of drug-likeness (QED) is 0.541. The Kier molecular flexibility index (Phi) is 4.91. The highest BCUT2D eigenvalue weighted by Gasteiger charge is 1.92. The number of nitrogens with zero attached hydrogens (tertiary/aromatic N) is 1. The van der Waals surface area contributed by atoms with Crippen LogP contribution in [0.5, 0.6) is 0 Å². The number of hydrogen-bond donors (Lipinski definition) is 0. The van der Waals surface area contributed by atoms with E-state index in [-0.39, 0.29) is 0 Å². The number of thioether (sulfide) groups is 1. The SMILES string of the molecule is C=C(C)N=C/C=C(\C)Sc1ccccc1. The lowest BCUT2D eigenvalue weighted by molar-refractivity contribution is 1.34. The van der Waals surface area contributed by atoms with Crippen LogP contribution in [-0.4, -0.2) is 6.21 Å². The molecule has 0 amide bonds. The van der Waals surface area contributed by atoms with Crippen LogP contribution in [0, 0.1) is 0 Å². The standard InChI is InChI=1S/C13H15NS/c1-11(2)14-10-9-12(3)15-13-7-5-4-6-8-13/h4-10H,1H2,2-3H3/b12-9+,14-10?. The van der Waals surface area contributed by atoms with Gasteiger partial charge in [0, 0.05) is 16.8 Å². The second-order valence-electron chi connectivity index (χ2n) is 3.21. The van der Waals surface area contributed by atoms with Crippen molar-refractivity contribution < 1.29 is 0 Å². The van der Waals surface area contributed by atoms with Gasteiger partial charge in [0.2, 0.25) is 0 Å². The lowest BCUT2D eigenvalue weighted by Crippen LogP contribution is -1.73. The summed E-state index contributed by atoms with van der Waals surface area (Å²) in [6, 6.07) is 10.3. The van der Waals surface area contributed by atoms with Crippen molar-refractivity contribution in [2.24, 2.45) is 4.99 Å². The molecule has 0 unspecified atom stereocenters. The zero-order chi connectivity index (χ0) is 11.1. The summed E-state index contributed by atoms with van der Waals surface area (Å²) in [6.07, 6.45) is 3.78. The summed E-state index contributed by atoms with van der Waals surface area (Å²) in [5, 5.41) is 0. The van der Waals surface area contributed by atoms with Gasteiger partial charge < -0.3 is 0 Å². The Morgan fingerprint density at radius 3 is 2.53 bits per heavy atom. The number of aliphatic imine (C=N–C) groups is 1. The maximum Gasteiger partial charge on any atom is 0.0300 e. The Labute approximate surface area is 95.6 Å². The molecular formula is C13H15NS. The first-order valence-electron chi connectivity index (χ1n) is 4.78. The summed E-state index contributed by atoms with van der Waals surface area (Å²) in [5.74, 6) is 0. The summed E-state index contributed by atoms with van der Waals surface area (Å²) in [5.41, 5.74) is 0.823. The fraction of sp³-hybridized carbons (Fsp3) is 0.154. The van der Waals surface area contributed by atoms with E-state index in [2.05, 4.69) is 30.6 Å². The Morgan fingerprint density at radius 1 is 1.27 bits per heavy atom. The average Bonchev–Trinajstić information content (AvgIpc) is 2.18. The monoisotopic (exact) mass is 217 g/mol. The minimum Gasteiger partial charge on any atom is -0.262 e. The summed E-state index contributed by atoms with van der Waals surface area (Å²) in [6.45, 7) is 7.65. The molecule has 0 aromatic heterocycles. The molecule has 2 heteroatoms. The highest BCUT2D eigenvalue weighted by Crippen LogP contribution is 2.24. The molecule has 0 spiro atoms. The van der Waals surface area contributed by atoms with Crippen molar-refractivity contribution in [2.45, 2.75) is 18.7 Å². The van der Waals surface area contributed by atoms with Crippen LogP contribution in [0.3, 0.4) is 0 Å². The molecule has 0 bridgehead atoms. The molecule has 1 aromatic carbocycles. The first-order valence-corrected chi connectivity index (χ1v) is 5.59. The van der Waals surface area contributed by atoms with Crippen molar-refractivity contribution in [3.05, 3.63) is 53.6 Å². The highest BCUT2D eigenvalue weighted by molar-refractivity contribution is 8.03. The van der Waals surface area contributed by atoms with Gasteiger partial charge in [0.15, 0.2) is 0 Å². The fourth-order valence-corrected chi connectivity index (χ4v) is 1.77. The number of benzene rings is 1. The third-order valence-electron chi connectivity index (χ3n) is 1.63. The zero-order valence-corrected chi connectivity index (χ0v) is 9.92. The van der Waals surface area contributed by atoms with E-state index in [1.165, 1.54) is 9.80 Å². The van der Waals surface area contributed by atoms with Crippen LogP contribution in [0.1, 0.15) is 13.8 Å². The first kappa shape index (κ1) is 11.8. The first-order chi connectivity index (χ1) is 7.18. The Morgan fingerprint density at radius 2 is 1.93 bits per heavy atom. The van der Waals surface area contributed by atoms with E-state index in [4.69, 9.17) is 0 Å². The molecule has 1 rings (SSSR count). The van der Waals surface area contributed by atoms with Gasteiger partial charge in [-0.3, -0.25) is 4.99 Å². The van der Waals surface area contributed by atoms with E-state index in [9.17, 15) is 0 Å². The molecule has 1 aromatic rings. The predicted molar refractivity (Wildman–Crippen MR) is 69.4 cm³/mol. The van der Waals surface area contributed by atoms with E-state index >= 15 is 0 Å². The van der Waals surface area contributed by atoms with Crippen molar-refractivity contribution in [3.63, 3.8) is 0 Å². The third-order valence-corrected chi connectivity index (χ3v) is 2.59. The molecule has 0 heterocycles. The minimum atomic E-state index is 0.823. The van der Waals surface area contributed by atoms with Gasteiger partial charge in [-0.15, -0.1) is 0 Å². The van der Waals surface area contributed by atoms with Crippen molar-refractivity contribution in [1.82, 2.24) is 0 Å². The lowest BCUT2D eigenvalue weighted by Gasteiger charge is -1.99. The van der Waals surface area contributed by atoms with Crippen molar-refractivity contribution in [1.29, 1.82) is 0 Å². The molecule has 0 aliphatic carbocycles. The maximum atomic E-state index is 4.10. The fourth-order valence-electron chi connectivity index (χ4n) is 0.978. The number of allylic oxidation sites excluding steroid dienone is 3. The van der Waals surface area contributed by atoms with E-state index < -0.39 is 0 Å². The molecule has 0 aliphatic heterocycles. The summed E-state index contributed by atoms with van der Waals surface area (Å²) >= 11 is 1.74. The van der Waals surface area contributed by atoms with Gasteiger partial charge in [-0.05, 0) is 37.0 Å². The van der Waals surface area contributed by atoms with Crippen molar-refractivity contribution >= 4 is 18.0 Å². The van der Waals surface area contributed by atoms with Crippen LogP contribution in [-0.2, 0) is 0 Å². The second kappa shape index (κ2) is 6.25. The second-order valence-corrected chi connectivity index (χ2v) is 4.53. The highest BCUT2D eigenvalue weighted by atomic mass is 32.2. The molecule has 0 N–H and O–H groups in total. The van der Waals surface area contributed by atoms with Gasteiger partial charge in [0.1, 0.15) is 0 Å². The van der Waals surface area contributed by atoms with Crippen molar-refractivity contribution in [2.75, 3.05) is 0 Å². The Balaban J connectivity index is 2.56. The lowest BCUT2D eigenvalue weighted by atomic mass is 10.4. The molecule has 0 saturated heterocycles. The van der Waals surface area contributed by atoms with Crippen LogP contribution in [0.2, 0.25) is 0 Å². The smallest absolute Gasteiger partial charge is 0.0300 e. The molecule has 1 nitrogen and oxygen atoms in total. The minimum absolute atomic E-state index is 0.823. The Bertz CT molecular complexity index is 377. The van der Waals surface area contributed by atoms with E-state index in [0.29, 0.717) is 0 Å². The molecule has 78 valence electrons. The van der Waals surface area contributed by atoms with Crippen molar-refractivity contribution in [3.8, 4) is 0 Å². The van der Waals surface area contributed by atoms with Crippen LogP contribution in [0.25, 0.3) is 0 Å². The molecule has 0 atom stereocenters. The van der Waals surface area contributed by atoms with Gasteiger partial charge in [0.05, 0.1) is 0 Å². The maximum absolute atomic E-state index is 4.10. The molecule has 0 fully saturated rings. The zero-order valence-electron chi connectivity index (χ0n) is 9.10. The van der Waals surface area contributed by atoms with Crippen LogP contribution in [0.15, 0.2) is 63.5 Å². The molecule has 15 heavy (non-hydrogen) atoms. The van der Waals surface area contributed by atoms with Gasteiger partial charge in [0.25, 0.3) is 0 Å². The average molecular weight is 217 g/mol.